The van der Waals surface area contributed by atoms with E-state index in [1.807, 2.05) is 70.3 Å². The maximum atomic E-state index is 4.46. The Kier molecular flexibility index (Phi) is 3.48. The van der Waals surface area contributed by atoms with Crippen molar-refractivity contribution in [2.75, 3.05) is 0 Å². The third-order valence-corrected chi connectivity index (χ3v) is 3.84. The third-order valence-electron chi connectivity index (χ3n) is 3.84. The van der Waals surface area contributed by atoms with Gasteiger partial charge in [-0.2, -0.15) is 10.2 Å². The van der Waals surface area contributed by atoms with Crippen molar-refractivity contribution in [1.82, 2.24) is 19.6 Å². The zero-order chi connectivity index (χ0) is 15.5. The normalized spacial score (nSPS) is 10.8. The summed E-state index contributed by atoms with van der Waals surface area (Å²) in [6.07, 6.45) is 3.65. The van der Waals surface area contributed by atoms with Crippen LogP contribution in [0, 0.1) is 0 Å². The molecule has 23 heavy (non-hydrogen) atoms. The van der Waals surface area contributed by atoms with E-state index >= 15 is 0 Å². The van der Waals surface area contributed by atoms with Crippen molar-refractivity contribution in [2.24, 2.45) is 0 Å². The Hall–Kier alpha value is -3.14. The summed E-state index contributed by atoms with van der Waals surface area (Å²) in [5.41, 5.74) is 4.47. The molecule has 4 nitrogen and oxygen atoms in total. The van der Waals surface area contributed by atoms with Crippen LogP contribution in [0.5, 0.6) is 0 Å². The molecule has 0 aliphatic rings. The van der Waals surface area contributed by atoms with Crippen molar-refractivity contribution in [3.05, 3.63) is 85.2 Å². The first-order chi connectivity index (χ1) is 11.4. The lowest BCUT2D eigenvalue weighted by atomic mass is 10.1. The van der Waals surface area contributed by atoms with Gasteiger partial charge in [-0.3, -0.25) is 0 Å². The van der Waals surface area contributed by atoms with Gasteiger partial charge >= 0.3 is 0 Å². The van der Waals surface area contributed by atoms with Gasteiger partial charge in [0.25, 0.3) is 0 Å². The van der Waals surface area contributed by atoms with Crippen molar-refractivity contribution < 1.29 is 0 Å². The minimum Gasteiger partial charge on any atom is -0.243 e. The number of nitrogens with zero attached hydrogens (tertiary/aromatic N) is 4. The minimum atomic E-state index is 0.578. The second kappa shape index (κ2) is 5.93. The van der Waals surface area contributed by atoms with Crippen LogP contribution in [0.15, 0.2) is 85.2 Å². The molecule has 2 aromatic heterocycles. The zero-order valence-electron chi connectivity index (χ0n) is 12.6. The summed E-state index contributed by atoms with van der Waals surface area (Å²) in [5.74, 6) is 0. The highest BCUT2D eigenvalue weighted by Gasteiger charge is 2.09. The summed E-state index contributed by atoms with van der Waals surface area (Å²) in [7, 11) is 0. The predicted octanol–water partition coefficient (Wildman–Crippen LogP) is 3.92. The maximum Gasteiger partial charge on any atom is 0.134 e. The van der Waals surface area contributed by atoms with E-state index in [2.05, 4.69) is 34.5 Å². The fraction of sp³-hybridized carbons (Fsp3) is 0.0526. The van der Waals surface area contributed by atoms with Crippen molar-refractivity contribution in [3.63, 3.8) is 0 Å². The van der Waals surface area contributed by atoms with Gasteiger partial charge in [-0.15, -0.1) is 0 Å². The SMILES string of the molecule is c1ccc(-c2ccnn2Cn2nccc2-c2ccccc2)cc1. The molecule has 2 aromatic carbocycles. The van der Waals surface area contributed by atoms with E-state index in [1.165, 1.54) is 0 Å². The van der Waals surface area contributed by atoms with Gasteiger partial charge in [0, 0.05) is 12.4 Å². The molecule has 0 saturated carbocycles. The van der Waals surface area contributed by atoms with Crippen LogP contribution in [0.4, 0.5) is 0 Å². The van der Waals surface area contributed by atoms with Crippen molar-refractivity contribution in [1.29, 1.82) is 0 Å². The number of hydrogen-bond donors (Lipinski definition) is 0. The van der Waals surface area contributed by atoms with E-state index in [1.54, 1.807) is 0 Å². The van der Waals surface area contributed by atoms with Crippen molar-refractivity contribution in [3.8, 4) is 22.5 Å². The lowest BCUT2D eigenvalue weighted by molar-refractivity contribution is 0.512. The van der Waals surface area contributed by atoms with Crippen LogP contribution in [-0.2, 0) is 6.67 Å². The summed E-state index contributed by atoms with van der Waals surface area (Å²) in [6, 6.07) is 24.6. The highest BCUT2D eigenvalue weighted by atomic mass is 15.4. The molecule has 0 N–H and O–H groups in total. The summed E-state index contributed by atoms with van der Waals surface area (Å²) in [6.45, 7) is 0.578. The molecule has 0 aliphatic carbocycles. The molecular weight excluding hydrogens is 284 g/mol. The number of hydrogen-bond acceptors (Lipinski definition) is 2. The third kappa shape index (κ3) is 2.66. The van der Waals surface area contributed by atoms with Crippen LogP contribution in [-0.4, -0.2) is 19.6 Å². The first-order valence-corrected chi connectivity index (χ1v) is 7.56. The standard InChI is InChI=1S/C19H16N4/c1-3-7-16(8-4-1)18-11-13-20-22(18)15-23-19(12-14-21-23)17-9-5-2-6-10-17/h1-14H,15H2. The summed E-state index contributed by atoms with van der Waals surface area (Å²) in [4.78, 5) is 0. The molecular formula is C19H16N4. The molecule has 4 rings (SSSR count). The van der Waals surface area contributed by atoms with Crippen LogP contribution in [0.2, 0.25) is 0 Å². The molecule has 0 saturated heterocycles. The lowest BCUT2D eigenvalue weighted by Gasteiger charge is -2.11. The summed E-state index contributed by atoms with van der Waals surface area (Å²) >= 11 is 0. The van der Waals surface area contributed by atoms with Crippen LogP contribution >= 0.6 is 0 Å². The van der Waals surface area contributed by atoms with Gasteiger partial charge in [0.05, 0.1) is 11.4 Å². The largest absolute Gasteiger partial charge is 0.243 e. The molecule has 2 heterocycles. The van der Waals surface area contributed by atoms with E-state index in [0.717, 1.165) is 22.5 Å². The van der Waals surface area contributed by atoms with Gasteiger partial charge in [0.2, 0.25) is 0 Å². The molecule has 0 bridgehead atoms. The van der Waals surface area contributed by atoms with E-state index < -0.39 is 0 Å². The molecule has 0 unspecified atom stereocenters. The predicted molar refractivity (Wildman–Crippen MR) is 90.7 cm³/mol. The van der Waals surface area contributed by atoms with E-state index in [9.17, 15) is 0 Å². The molecule has 4 heteroatoms. The Balaban J connectivity index is 1.69. The quantitative estimate of drug-likeness (QED) is 0.572. The van der Waals surface area contributed by atoms with Crippen molar-refractivity contribution in [2.45, 2.75) is 6.67 Å². The highest BCUT2D eigenvalue weighted by molar-refractivity contribution is 5.60. The minimum absolute atomic E-state index is 0.578. The van der Waals surface area contributed by atoms with Gasteiger partial charge < -0.3 is 0 Å². The Morgan fingerprint density at radius 1 is 0.565 bits per heavy atom. The first-order valence-electron chi connectivity index (χ1n) is 7.56. The van der Waals surface area contributed by atoms with Gasteiger partial charge in [-0.25, -0.2) is 9.36 Å². The van der Waals surface area contributed by atoms with Crippen LogP contribution in [0.25, 0.3) is 22.5 Å². The number of aromatic nitrogens is 4. The molecule has 0 spiro atoms. The lowest BCUT2D eigenvalue weighted by Crippen LogP contribution is -2.13. The molecule has 112 valence electrons. The van der Waals surface area contributed by atoms with Crippen LogP contribution in [0.1, 0.15) is 0 Å². The second-order valence-corrected chi connectivity index (χ2v) is 5.31. The van der Waals surface area contributed by atoms with E-state index in [4.69, 9.17) is 0 Å². The van der Waals surface area contributed by atoms with Gasteiger partial charge in [0.1, 0.15) is 6.67 Å². The number of benzene rings is 2. The van der Waals surface area contributed by atoms with Gasteiger partial charge in [-0.1, -0.05) is 60.7 Å². The fourth-order valence-corrected chi connectivity index (χ4v) is 2.73. The number of rotatable bonds is 4. The first kappa shape index (κ1) is 13.5. The van der Waals surface area contributed by atoms with Crippen LogP contribution in [0.3, 0.4) is 0 Å². The van der Waals surface area contributed by atoms with Crippen molar-refractivity contribution >= 4 is 0 Å². The molecule has 4 aromatic rings. The van der Waals surface area contributed by atoms with Gasteiger partial charge in [0.15, 0.2) is 0 Å². The molecule has 0 fully saturated rings. The average Bonchev–Trinajstić information content (AvgIpc) is 3.26. The Bertz CT molecular complexity index is 816. The topological polar surface area (TPSA) is 35.6 Å². The molecule has 0 atom stereocenters. The fourth-order valence-electron chi connectivity index (χ4n) is 2.73. The van der Waals surface area contributed by atoms with Gasteiger partial charge in [-0.05, 0) is 23.3 Å². The molecule has 0 aliphatic heterocycles. The van der Waals surface area contributed by atoms with E-state index in [0.29, 0.717) is 6.67 Å². The van der Waals surface area contributed by atoms with E-state index in [-0.39, 0.29) is 0 Å². The average molecular weight is 300 g/mol. The highest BCUT2D eigenvalue weighted by Crippen LogP contribution is 2.21. The molecule has 0 radical (unpaired) electrons. The Labute approximate surface area is 134 Å². The Morgan fingerprint density at radius 3 is 1.43 bits per heavy atom. The monoisotopic (exact) mass is 300 g/mol. The zero-order valence-corrected chi connectivity index (χ0v) is 12.6. The second-order valence-electron chi connectivity index (χ2n) is 5.31. The Morgan fingerprint density at radius 2 is 1.00 bits per heavy atom. The molecule has 0 amide bonds. The smallest absolute Gasteiger partial charge is 0.134 e. The maximum absolute atomic E-state index is 4.46. The van der Waals surface area contributed by atoms with Crippen LogP contribution < -0.4 is 0 Å². The summed E-state index contributed by atoms with van der Waals surface area (Å²) < 4.78 is 3.93. The summed E-state index contributed by atoms with van der Waals surface area (Å²) in [5, 5.41) is 8.92.